The molecule has 1 aromatic carbocycles. The van der Waals surface area contributed by atoms with Gasteiger partial charge in [0.25, 0.3) is 5.56 Å². The maximum absolute atomic E-state index is 13.1. The van der Waals surface area contributed by atoms with E-state index in [0.717, 1.165) is 17.7 Å². The zero-order valence-corrected chi connectivity index (χ0v) is 12.7. The summed E-state index contributed by atoms with van der Waals surface area (Å²) in [5.41, 5.74) is 7.50. The Morgan fingerprint density at radius 1 is 1.14 bits per heavy atom. The van der Waals surface area contributed by atoms with Crippen molar-refractivity contribution in [3.05, 3.63) is 58.1 Å². The van der Waals surface area contributed by atoms with Gasteiger partial charge in [-0.2, -0.15) is 0 Å². The highest BCUT2D eigenvalue weighted by Crippen LogP contribution is 2.21. The van der Waals surface area contributed by atoms with Gasteiger partial charge in [-0.05, 0) is 62.2 Å². The highest BCUT2D eigenvalue weighted by Gasteiger charge is 2.20. The minimum atomic E-state index is -0.687. The van der Waals surface area contributed by atoms with Gasteiger partial charge in [0.2, 0.25) is 0 Å². The quantitative estimate of drug-likeness (QED) is 0.938. The highest BCUT2D eigenvalue weighted by molar-refractivity contribution is 5.60. The van der Waals surface area contributed by atoms with Crippen LogP contribution in [0.4, 0.5) is 4.39 Å². The fraction of sp³-hybridized carbons (Fsp3) is 0.353. The molecule has 0 amide bonds. The summed E-state index contributed by atoms with van der Waals surface area (Å²) in [5, 5.41) is 0. The molecule has 4 heteroatoms. The van der Waals surface area contributed by atoms with E-state index in [4.69, 9.17) is 5.73 Å². The molecule has 0 fully saturated rings. The highest BCUT2D eigenvalue weighted by atomic mass is 19.1. The molecule has 2 N–H and O–H groups in total. The van der Waals surface area contributed by atoms with Crippen LogP contribution in [0.3, 0.4) is 0 Å². The third-order valence-electron chi connectivity index (χ3n) is 3.46. The Labute approximate surface area is 124 Å². The smallest absolute Gasteiger partial charge is 0.256 e. The van der Waals surface area contributed by atoms with Gasteiger partial charge in [0.15, 0.2) is 0 Å². The topological polar surface area (TPSA) is 48.0 Å². The van der Waals surface area contributed by atoms with Gasteiger partial charge in [-0.25, -0.2) is 4.39 Å². The fourth-order valence-corrected chi connectivity index (χ4v) is 2.39. The van der Waals surface area contributed by atoms with E-state index in [1.165, 1.54) is 12.1 Å². The van der Waals surface area contributed by atoms with Gasteiger partial charge in [0.1, 0.15) is 5.82 Å². The Morgan fingerprint density at radius 2 is 1.76 bits per heavy atom. The molecule has 0 saturated carbocycles. The number of hydrogen-bond acceptors (Lipinski definition) is 2. The summed E-state index contributed by atoms with van der Waals surface area (Å²) in [5.74, 6) is -0.289. The van der Waals surface area contributed by atoms with Gasteiger partial charge in [0.05, 0.1) is 5.69 Å². The molecular formula is C17H21FN2O. The maximum atomic E-state index is 13.1. The van der Waals surface area contributed by atoms with Crippen molar-refractivity contribution in [3.8, 4) is 11.3 Å². The van der Waals surface area contributed by atoms with Crippen LogP contribution in [0.5, 0.6) is 0 Å². The fourth-order valence-electron chi connectivity index (χ4n) is 2.39. The number of rotatable bonds is 4. The van der Waals surface area contributed by atoms with Crippen LogP contribution in [-0.2, 0) is 12.1 Å². The maximum Gasteiger partial charge on any atom is 0.256 e. The predicted molar refractivity (Wildman–Crippen MR) is 83.6 cm³/mol. The number of halogens is 1. The second-order valence-electron chi connectivity index (χ2n) is 5.82. The van der Waals surface area contributed by atoms with Crippen molar-refractivity contribution < 1.29 is 4.39 Å². The van der Waals surface area contributed by atoms with Crippen LogP contribution < -0.4 is 11.3 Å². The molecule has 21 heavy (non-hydrogen) atoms. The lowest BCUT2D eigenvalue weighted by atomic mass is 9.96. The van der Waals surface area contributed by atoms with Gasteiger partial charge < -0.3 is 10.3 Å². The summed E-state index contributed by atoms with van der Waals surface area (Å²) < 4.78 is 14.8. The third kappa shape index (κ3) is 3.22. The molecule has 0 bridgehead atoms. The van der Waals surface area contributed by atoms with Crippen LogP contribution in [0.15, 0.2) is 41.2 Å². The normalized spacial score (nSPS) is 11.7. The molecule has 0 spiro atoms. The largest absolute Gasteiger partial charge is 0.322 e. The molecule has 1 heterocycles. The van der Waals surface area contributed by atoms with Crippen LogP contribution in [0, 0.1) is 5.82 Å². The van der Waals surface area contributed by atoms with E-state index in [1.807, 2.05) is 26.8 Å². The van der Waals surface area contributed by atoms with Crippen molar-refractivity contribution in [2.24, 2.45) is 5.73 Å². The minimum Gasteiger partial charge on any atom is -0.322 e. The summed E-state index contributed by atoms with van der Waals surface area (Å²) in [6.07, 6.45) is 0.836. The molecule has 0 saturated heterocycles. The Balaban J connectivity index is 2.65. The summed E-state index contributed by atoms with van der Waals surface area (Å²) in [6.45, 7) is 6.26. The van der Waals surface area contributed by atoms with E-state index in [9.17, 15) is 9.18 Å². The zero-order valence-electron chi connectivity index (χ0n) is 12.7. The zero-order chi connectivity index (χ0) is 15.6. The van der Waals surface area contributed by atoms with Crippen LogP contribution >= 0.6 is 0 Å². The van der Waals surface area contributed by atoms with Crippen molar-refractivity contribution in [1.82, 2.24) is 4.57 Å². The molecule has 0 atom stereocenters. The van der Waals surface area contributed by atoms with Crippen molar-refractivity contribution in [2.75, 3.05) is 0 Å². The Kier molecular flexibility index (Phi) is 4.28. The molecular weight excluding hydrogens is 267 g/mol. The lowest BCUT2D eigenvalue weighted by Gasteiger charge is -2.21. The van der Waals surface area contributed by atoms with E-state index in [2.05, 4.69) is 0 Å². The number of aromatic nitrogens is 1. The molecule has 0 aliphatic rings. The van der Waals surface area contributed by atoms with Crippen molar-refractivity contribution in [2.45, 2.75) is 39.3 Å². The molecule has 0 unspecified atom stereocenters. The summed E-state index contributed by atoms with van der Waals surface area (Å²) in [7, 11) is 0. The van der Waals surface area contributed by atoms with Gasteiger partial charge in [-0.15, -0.1) is 0 Å². The standard InChI is InChI=1S/C17H21FN2O/c1-4-11-20-15(12-5-7-13(18)8-6-12)10-9-14(16(20)21)17(2,3)19/h5-10H,4,11,19H2,1-3H3. The average Bonchev–Trinajstić information content (AvgIpc) is 2.41. The van der Waals surface area contributed by atoms with E-state index in [1.54, 1.807) is 22.8 Å². The SMILES string of the molecule is CCCn1c(-c2ccc(F)cc2)ccc(C(C)(C)N)c1=O. The minimum absolute atomic E-state index is 0.0776. The Morgan fingerprint density at radius 3 is 2.29 bits per heavy atom. The van der Waals surface area contributed by atoms with Gasteiger partial charge in [0, 0.05) is 17.6 Å². The lowest BCUT2D eigenvalue weighted by Crippen LogP contribution is -2.38. The molecule has 3 nitrogen and oxygen atoms in total. The van der Waals surface area contributed by atoms with Gasteiger partial charge >= 0.3 is 0 Å². The Bertz CT molecular complexity index is 681. The number of nitrogens with two attached hydrogens (primary N) is 1. The van der Waals surface area contributed by atoms with Crippen LogP contribution in [0.1, 0.15) is 32.8 Å². The first-order valence-corrected chi connectivity index (χ1v) is 7.13. The lowest BCUT2D eigenvalue weighted by molar-refractivity contribution is 0.532. The van der Waals surface area contributed by atoms with Gasteiger partial charge in [-0.1, -0.05) is 6.92 Å². The molecule has 0 aliphatic heterocycles. The first kappa shape index (κ1) is 15.4. The van der Waals surface area contributed by atoms with E-state index < -0.39 is 5.54 Å². The summed E-state index contributed by atoms with van der Waals surface area (Å²) >= 11 is 0. The molecule has 0 aliphatic carbocycles. The first-order valence-electron chi connectivity index (χ1n) is 7.13. The molecule has 2 rings (SSSR count). The predicted octanol–water partition coefficient (Wildman–Crippen LogP) is 3.26. The van der Waals surface area contributed by atoms with Crippen LogP contribution in [-0.4, -0.2) is 4.57 Å². The van der Waals surface area contributed by atoms with E-state index in [-0.39, 0.29) is 11.4 Å². The van der Waals surface area contributed by atoms with E-state index >= 15 is 0 Å². The molecule has 2 aromatic rings. The number of benzene rings is 1. The number of nitrogens with zero attached hydrogens (tertiary/aromatic N) is 1. The number of pyridine rings is 1. The van der Waals surface area contributed by atoms with Crippen molar-refractivity contribution in [1.29, 1.82) is 0 Å². The molecule has 0 radical (unpaired) electrons. The Hall–Kier alpha value is -1.94. The van der Waals surface area contributed by atoms with E-state index in [0.29, 0.717) is 12.1 Å². The van der Waals surface area contributed by atoms with Crippen LogP contribution in [0.2, 0.25) is 0 Å². The summed E-state index contributed by atoms with van der Waals surface area (Å²) in [4.78, 5) is 12.7. The summed E-state index contributed by atoms with van der Waals surface area (Å²) in [6, 6.07) is 9.82. The third-order valence-corrected chi connectivity index (χ3v) is 3.46. The average molecular weight is 288 g/mol. The second-order valence-corrected chi connectivity index (χ2v) is 5.82. The van der Waals surface area contributed by atoms with Crippen molar-refractivity contribution >= 4 is 0 Å². The molecule has 1 aromatic heterocycles. The van der Waals surface area contributed by atoms with Crippen LogP contribution in [0.25, 0.3) is 11.3 Å². The molecule has 112 valence electrons. The number of hydrogen-bond donors (Lipinski definition) is 1. The monoisotopic (exact) mass is 288 g/mol. The first-order chi connectivity index (χ1) is 9.84. The van der Waals surface area contributed by atoms with Crippen molar-refractivity contribution in [3.63, 3.8) is 0 Å². The second kappa shape index (κ2) is 5.82. The van der Waals surface area contributed by atoms with Gasteiger partial charge in [-0.3, -0.25) is 4.79 Å².